The molecular formula is C19H20N2O4. The van der Waals surface area contributed by atoms with E-state index < -0.39 is 5.91 Å². The molecule has 0 aliphatic carbocycles. The van der Waals surface area contributed by atoms with Crippen molar-refractivity contribution in [3.63, 3.8) is 0 Å². The zero-order valence-corrected chi connectivity index (χ0v) is 14.1. The van der Waals surface area contributed by atoms with Crippen LogP contribution in [0.15, 0.2) is 48.5 Å². The Morgan fingerprint density at radius 3 is 2.52 bits per heavy atom. The first-order valence-corrected chi connectivity index (χ1v) is 7.63. The summed E-state index contributed by atoms with van der Waals surface area (Å²) in [5.41, 5.74) is 7.52. The number of anilines is 1. The van der Waals surface area contributed by atoms with Gasteiger partial charge in [0.25, 0.3) is 5.91 Å². The molecular weight excluding hydrogens is 320 g/mol. The summed E-state index contributed by atoms with van der Waals surface area (Å²) in [4.78, 5) is 22.7. The molecule has 3 N–H and O–H groups in total. The van der Waals surface area contributed by atoms with E-state index in [4.69, 9.17) is 15.2 Å². The minimum absolute atomic E-state index is 0.188. The molecule has 0 aromatic heterocycles. The van der Waals surface area contributed by atoms with Crippen LogP contribution >= 0.6 is 0 Å². The second-order valence-corrected chi connectivity index (χ2v) is 5.35. The van der Waals surface area contributed by atoms with Gasteiger partial charge in [-0.1, -0.05) is 11.6 Å². The van der Waals surface area contributed by atoms with E-state index in [1.54, 1.807) is 37.5 Å². The molecule has 0 heterocycles. The van der Waals surface area contributed by atoms with Crippen LogP contribution in [0.1, 0.15) is 11.1 Å². The van der Waals surface area contributed by atoms with Crippen molar-refractivity contribution in [1.29, 1.82) is 0 Å². The largest absolute Gasteiger partial charge is 0.496 e. The molecule has 0 saturated carbocycles. The lowest BCUT2D eigenvalue weighted by molar-refractivity contribution is -0.120. The van der Waals surface area contributed by atoms with Crippen molar-refractivity contribution in [1.82, 2.24) is 0 Å². The number of carbonyl (C=O) groups is 2. The van der Waals surface area contributed by atoms with Crippen LogP contribution in [-0.2, 0) is 9.59 Å². The standard InChI is InChI=1S/C19H20N2O4/c1-13-3-9-17(24-2)14(11-13)4-10-19(23)21-15-5-7-16(8-6-15)25-12-18(20)22/h3-11H,12H2,1-2H3,(H2,20,22)(H,21,23)/b10-4+. The number of nitrogens with two attached hydrogens (primary N) is 1. The zero-order valence-electron chi connectivity index (χ0n) is 14.1. The van der Waals surface area contributed by atoms with Gasteiger partial charge >= 0.3 is 0 Å². The normalized spacial score (nSPS) is 10.5. The van der Waals surface area contributed by atoms with Gasteiger partial charge < -0.3 is 20.5 Å². The number of methoxy groups -OCH3 is 1. The Bertz CT molecular complexity index is 783. The van der Waals surface area contributed by atoms with Crippen LogP contribution in [-0.4, -0.2) is 25.5 Å². The average molecular weight is 340 g/mol. The lowest BCUT2D eigenvalue weighted by Crippen LogP contribution is -2.20. The van der Waals surface area contributed by atoms with E-state index in [1.165, 1.54) is 6.08 Å². The van der Waals surface area contributed by atoms with Gasteiger partial charge in [0, 0.05) is 17.3 Å². The van der Waals surface area contributed by atoms with Crippen LogP contribution in [0.4, 0.5) is 5.69 Å². The molecule has 130 valence electrons. The number of primary amides is 1. The van der Waals surface area contributed by atoms with Crippen molar-refractivity contribution < 1.29 is 19.1 Å². The molecule has 2 amide bonds. The van der Waals surface area contributed by atoms with E-state index in [0.29, 0.717) is 17.2 Å². The predicted molar refractivity (Wildman–Crippen MR) is 96.5 cm³/mol. The number of hydrogen-bond acceptors (Lipinski definition) is 4. The van der Waals surface area contributed by atoms with Crippen LogP contribution in [0.25, 0.3) is 6.08 Å². The Kier molecular flexibility index (Phi) is 6.17. The quantitative estimate of drug-likeness (QED) is 0.758. The Morgan fingerprint density at radius 2 is 1.88 bits per heavy atom. The number of rotatable bonds is 7. The number of carbonyl (C=O) groups excluding carboxylic acids is 2. The summed E-state index contributed by atoms with van der Waals surface area (Å²) in [6.07, 6.45) is 3.14. The summed E-state index contributed by atoms with van der Waals surface area (Å²) in [6.45, 7) is 1.78. The summed E-state index contributed by atoms with van der Waals surface area (Å²) in [5, 5.41) is 2.74. The van der Waals surface area contributed by atoms with Gasteiger partial charge in [-0.15, -0.1) is 0 Å². The van der Waals surface area contributed by atoms with Gasteiger partial charge in [0.1, 0.15) is 11.5 Å². The minimum Gasteiger partial charge on any atom is -0.496 e. The molecule has 25 heavy (non-hydrogen) atoms. The Morgan fingerprint density at radius 1 is 1.16 bits per heavy atom. The first kappa shape index (κ1) is 18.1. The average Bonchev–Trinajstić information content (AvgIpc) is 2.59. The molecule has 0 spiro atoms. The van der Waals surface area contributed by atoms with Crippen molar-refractivity contribution in [2.45, 2.75) is 6.92 Å². The first-order valence-electron chi connectivity index (χ1n) is 7.63. The first-order chi connectivity index (χ1) is 12.0. The monoisotopic (exact) mass is 340 g/mol. The van der Waals surface area contributed by atoms with Gasteiger partial charge in [0.2, 0.25) is 5.91 Å². The topological polar surface area (TPSA) is 90.7 Å². The fourth-order valence-electron chi connectivity index (χ4n) is 2.12. The fourth-order valence-corrected chi connectivity index (χ4v) is 2.12. The van der Waals surface area contributed by atoms with E-state index in [1.807, 2.05) is 25.1 Å². The molecule has 6 heteroatoms. The summed E-state index contributed by atoms with van der Waals surface area (Å²) >= 11 is 0. The Labute approximate surface area is 146 Å². The van der Waals surface area contributed by atoms with Crippen LogP contribution in [0.3, 0.4) is 0 Å². The van der Waals surface area contributed by atoms with Crippen LogP contribution in [0, 0.1) is 6.92 Å². The van der Waals surface area contributed by atoms with E-state index in [9.17, 15) is 9.59 Å². The second-order valence-electron chi connectivity index (χ2n) is 5.35. The Hall–Kier alpha value is -3.28. The third kappa shape index (κ3) is 5.69. The van der Waals surface area contributed by atoms with Crippen molar-refractivity contribution >= 4 is 23.6 Å². The molecule has 0 saturated heterocycles. The van der Waals surface area contributed by atoms with E-state index in [-0.39, 0.29) is 12.5 Å². The summed E-state index contributed by atoms with van der Waals surface area (Å²) in [7, 11) is 1.59. The molecule has 0 aliphatic heterocycles. The van der Waals surface area contributed by atoms with Gasteiger partial charge in [0.05, 0.1) is 7.11 Å². The molecule has 0 atom stereocenters. The summed E-state index contributed by atoms with van der Waals surface area (Å²) in [5.74, 6) is 0.380. The van der Waals surface area contributed by atoms with Gasteiger partial charge in [-0.05, 0) is 49.4 Å². The van der Waals surface area contributed by atoms with Gasteiger partial charge in [-0.2, -0.15) is 0 Å². The smallest absolute Gasteiger partial charge is 0.255 e. The Balaban J connectivity index is 1.98. The summed E-state index contributed by atoms with van der Waals surface area (Å²) in [6, 6.07) is 12.4. The van der Waals surface area contributed by atoms with Crippen LogP contribution in [0.2, 0.25) is 0 Å². The fraction of sp³-hybridized carbons (Fsp3) is 0.158. The van der Waals surface area contributed by atoms with Crippen LogP contribution in [0.5, 0.6) is 11.5 Å². The van der Waals surface area contributed by atoms with Gasteiger partial charge in [-0.3, -0.25) is 9.59 Å². The van der Waals surface area contributed by atoms with E-state index >= 15 is 0 Å². The highest BCUT2D eigenvalue weighted by Gasteiger charge is 2.03. The lowest BCUT2D eigenvalue weighted by atomic mass is 10.1. The lowest BCUT2D eigenvalue weighted by Gasteiger charge is -2.07. The molecule has 2 aromatic carbocycles. The number of ether oxygens (including phenoxy) is 2. The van der Waals surface area contributed by atoms with Crippen molar-refractivity contribution in [2.75, 3.05) is 19.0 Å². The second kappa shape index (κ2) is 8.54. The molecule has 0 bridgehead atoms. The highest BCUT2D eigenvalue weighted by atomic mass is 16.5. The molecule has 0 radical (unpaired) electrons. The van der Waals surface area contributed by atoms with Gasteiger partial charge in [-0.25, -0.2) is 0 Å². The predicted octanol–water partition coefficient (Wildman–Crippen LogP) is 2.52. The zero-order chi connectivity index (χ0) is 18.2. The maximum Gasteiger partial charge on any atom is 0.255 e. The molecule has 0 unspecified atom stereocenters. The highest BCUT2D eigenvalue weighted by Crippen LogP contribution is 2.21. The van der Waals surface area contributed by atoms with E-state index in [2.05, 4.69) is 5.32 Å². The van der Waals surface area contributed by atoms with Crippen LogP contribution < -0.4 is 20.5 Å². The van der Waals surface area contributed by atoms with Gasteiger partial charge in [0.15, 0.2) is 6.61 Å². The number of benzene rings is 2. The van der Waals surface area contributed by atoms with E-state index in [0.717, 1.165) is 11.1 Å². The number of hydrogen-bond donors (Lipinski definition) is 2. The maximum atomic E-state index is 12.0. The van der Waals surface area contributed by atoms with Crippen molar-refractivity contribution in [3.8, 4) is 11.5 Å². The SMILES string of the molecule is COc1ccc(C)cc1/C=C/C(=O)Nc1ccc(OCC(N)=O)cc1. The third-order valence-electron chi connectivity index (χ3n) is 3.30. The number of amides is 2. The molecule has 0 fully saturated rings. The molecule has 0 aliphatic rings. The third-order valence-corrected chi connectivity index (χ3v) is 3.30. The maximum absolute atomic E-state index is 12.0. The molecule has 2 aromatic rings. The van der Waals surface area contributed by atoms with Crippen molar-refractivity contribution in [3.05, 3.63) is 59.7 Å². The summed E-state index contributed by atoms with van der Waals surface area (Å²) < 4.78 is 10.4. The highest BCUT2D eigenvalue weighted by molar-refractivity contribution is 6.02. The molecule has 6 nitrogen and oxygen atoms in total. The number of aryl methyl sites for hydroxylation is 1. The number of nitrogens with one attached hydrogen (secondary N) is 1. The van der Waals surface area contributed by atoms with Crippen molar-refractivity contribution in [2.24, 2.45) is 5.73 Å². The molecule has 2 rings (SSSR count). The minimum atomic E-state index is -0.547.